The van der Waals surface area contributed by atoms with Gasteiger partial charge in [-0.3, -0.25) is 0 Å². The molecule has 3 N–H and O–H groups in total. The van der Waals surface area contributed by atoms with E-state index in [1.165, 1.54) is 6.07 Å². The van der Waals surface area contributed by atoms with Crippen LogP contribution in [-0.2, 0) is 6.54 Å². The average Bonchev–Trinajstić information content (AvgIpc) is 2.77. The third-order valence-corrected chi connectivity index (χ3v) is 3.37. The molecule has 1 unspecified atom stereocenters. The number of anilines is 1. The van der Waals surface area contributed by atoms with Crippen molar-refractivity contribution in [2.24, 2.45) is 11.7 Å². The Bertz CT molecular complexity index is 384. The van der Waals surface area contributed by atoms with E-state index in [4.69, 9.17) is 10.8 Å². The zero-order valence-corrected chi connectivity index (χ0v) is 9.90. The fraction of sp³-hybridized carbons (Fsp3) is 0.538. The molecule has 1 aromatic carbocycles. The summed E-state index contributed by atoms with van der Waals surface area (Å²) in [6.45, 7) is 2.42. The lowest BCUT2D eigenvalue weighted by Gasteiger charge is -2.19. The van der Waals surface area contributed by atoms with Gasteiger partial charge in [0.2, 0.25) is 0 Å². The highest BCUT2D eigenvalue weighted by molar-refractivity contribution is 5.50. The minimum atomic E-state index is -0.228. The lowest BCUT2D eigenvalue weighted by atomic mass is 10.1. The molecule has 1 aromatic rings. The Morgan fingerprint density at radius 3 is 2.94 bits per heavy atom. The van der Waals surface area contributed by atoms with Crippen LogP contribution in [0.2, 0.25) is 0 Å². The molecule has 1 aliphatic heterocycles. The Balaban J connectivity index is 2.10. The van der Waals surface area contributed by atoms with Crippen molar-refractivity contribution in [1.29, 1.82) is 0 Å². The predicted octanol–water partition coefficient (Wildman–Crippen LogP) is 1.49. The highest BCUT2D eigenvalue weighted by Crippen LogP contribution is 2.27. The lowest BCUT2D eigenvalue weighted by Crippen LogP contribution is -2.20. The molecule has 0 amide bonds. The van der Waals surface area contributed by atoms with Crippen molar-refractivity contribution < 1.29 is 9.50 Å². The molecule has 1 atom stereocenters. The monoisotopic (exact) mass is 238 g/mol. The standard InChI is InChI=1S/C13H19FN2O/c14-12-5-11(8-15)6-13(7-12)16-3-1-10(9-16)2-4-17/h5-7,10,17H,1-4,8-9,15H2. The highest BCUT2D eigenvalue weighted by Gasteiger charge is 2.22. The van der Waals surface area contributed by atoms with Crippen molar-refractivity contribution in [3.8, 4) is 0 Å². The van der Waals surface area contributed by atoms with Crippen LogP contribution in [0.4, 0.5) is 10.1 Å². The van der Waals surface area contributed by atoms with E-state index >= 15 is 0 Å². The number of rotatable bonds is 4. The SMILES string of the molecule is NCc1cc(F)cc(N2CCC(CCO)C2)c1. The van der Waals surface area contributed by atoms with E-state index in [2.05, 4.69) is 4.90 Å². The van der Waals surface area contributed by atoms with Crippen molar-refractivity contribution in [2.45, 2.75) is 19.4 Å². The van der Waals surface area contributed by atoms with Gasteiger partial charge in [0, 0.05) is 31.9 Å². The van der Waals surface area contributed by atoms with Gasteiger partial charge < -0.3 is 15.7 Å². The Morgan fingerprint density at radius 2 is 2.24 bits per heavy atom. The first-order valence-electron chi connectivity index (χ1n) is 6.08. The summed E-state index contributed by atoms with van der Waals surface area (Å²) < 4.78 is 13.4. The molecule has 0 radical (unpaired) electrons. The van der Waals surface area contributed by atoms with Gasteiger partial charge in [0.25, 0.3) is 0 Å². The second-order valence-electron chi connectivity index (χ2n) is 4.63. The average molecular weight is 238 g/mol. The summed E-state index contributed by atoms with van der Waals surface area (Å²) in [6.07, 6.45) is 1.89. The van der Waals surface area contributed by atoms with E-state index in [-0.39, 0.29) is 12.4 Å². The normalized spacial score (nSPS) is 19.9. The maximum Gasteiger partial charge on any atom is 0.125 e. The van der Waals surface area contributed by atoms with E-state index in [0.29, 0.717) is 12.5 Å². The van der Waals surface area contributed by atoms with Crippen LogP contribution in [0.15, 0.2) is 18.2 Å². The fourth-order valence-electron chi connectivity index (χ4n) is 2.42. The van der Waals surface area contributed by atoms with Gasteiger partial charge in [-0.1, -0.05) is 0 Å². The maximum absolute atomic E-state index is 13.4. The van der Waals surface area contributed by atoms with Crippen LogP contribution < -0.4 is 10.6 Å². The summed E-state index contributed by atoms with van der Waals surface area (Å²) in [5.41, 5.74) is 7.28. The minimum absolute atomic E-state index is 0.228. The first-order chi connectivity index (χ1) is 8.22. The molecule has 0 saturated carbocycles. The number of halogens is 1. The number of hydrogen-bond donors (Lipinski definition) is 2. The van der Waals surface area contributed by atoms with Crippen LogP contribution in [0, 0.1) is 11.7 Å². The van der Waals surface area contributed by atoms with E-state index in [0.717, 1.165) is 37.2 Å². The van der Waals surface area contributed by atoms with Crippen LogP contribution in [0.3, 0.4) is 0 Å². The first kappa shape index (κ1) is 12.3. The molecule has 1 aliphatic rings. The van der Waals surface area contributed by atoms with Crippen molar-refractivity contribution in [2.75, 3.05) is 24.6 Å². The molecule has 2 rings (SSSR count). The molecule has 4 heteroatoms. The first-order valence-corrected chi connectivity index (χ1v) is 6.08. The van der Waals surface area contributed by atoms with E-state index in [1.807, 2.05) is 6.07 Å². The summed E-state index contributed by atoms with van der Waals surface area (Å²) in [5.74, 6) is 0.290. The lowest BCUT2D eigenvalue weighted by molar-refractivity contribution is 0.263. The zero-order valence-electron chi connectivity index (χ0n) is 9.90. The van der Waals surface area contributed by atoms with Crippen molar-refractivity contribution in [3.63, 3.8) is 0 Å². The topological polar surface area (TPSA) is 49.5 Å². The van der Waals surface area contributed by atoms with E-state index in [9.17, 15) is 4.39 Å². The van der Waals surface area contributed by atoms with Gasteiger partial charge in [-0.2, -0.15) is 0 Å². The number of aliphatic hydroxyl groups is 1. The third-order valence-electron chi connectivity index (χ3n) is 3.37. The fourth-order valence-corrected chi connectivity index (χ4v) is 2.42. The minimum Gasteiger partial charge on any atom is -0.396 e. The summed E-state index contributed by atoms with van der Waals surface area (Å²) in [4.78, 5) is 2.17. The molecule has 0 bridgehead atoms. The quantitative estimate of drug-likeness (QED) is 0.835. The maximum atomic E-state index is 13.4. The van der Waals surface area contributed by atoms with Gasteiger partial charge in [-0.15, -0.1) is 0 Å². The third kappa shape index (κ3) is 2.96. The molecule has 17 heavy (non-hydrogen) atoms. The second-order valence-corrected chi connectivity index (χ2v) is 4.63. The summed E-state index contributed by atoms with van der Waals surface area (Å²) in [5, 5.41) is 8.91. The molecule has 3 nitrogen and oxygen atoms in total. The summed E-state index contributed by atoms with van der Waals surface area (Å²) >= 11 is 0. The molecule has 0 aromatic heterocycles. The summed E-state index contributed by atoms with van der Waals surface area (Å²) in [6, 6.07) is 4.98. The van der Waals surface area contributed by atoms with E-state index < -0.39 is 0 Å². The van der Waals surface area contributed by atoms with Crippen molar-refractivity contribution >= 4 is 5.69 Å². The molecule has 0 spiro atoms. The van der Waals surface area contributed by atoms with Gasteiger partial charge >= 0.3 is 0 Å². The summed E-state index contributed by atoms with van der Waals surface area (Å²) in [7, 11) is 0. The number of aliphatic hydroxyl groups excluding tert-OH is 1. The smallest absolute Gasteiger partial charge is 0.125 e. The van der Waals surface area contributed by atoms with Gasteiger partial charge in [0.15, 0.2) is 0 Å². The number of hydrogen-bond acceptors (Lipinski definition) is 3. The van der Waals surface area contributed by atoms with Crippen LogP contribution in [-0.4, -0.2) is 24.8 Å². The van der Waals surface area contributed by atoms with Crippen LogP contribution >= 0.6 is 0 Å². The Kier molecular flexibility index (Phi) is 3.97. The van der Waals surface area contributed by atoms with E-state index in [1.54, 1.807) is 6.07 Å². The molecular weight excluding hydrogens is 219 g/mol. The molecular formula is C13H19FN2O. The molecule has 1 saturated heterocycles. The molecule has 1 fully saturated rings. The van der Waals surface area contributed by atoms with Crippen LogP contribution in [0.25, 0.3) is 0 Å². The number of nitrogens with two attached hydrogens (primary N) is 1. The molecule has 94 valence electrons. The van der Waals surface area contributed by atoms with Crippen molar-refractivity contribution in [1.82, 2.24) is 0 Å². The predicted molar refractivity (Wildman–Crippen MR) is 66.3 cm³/mol. The second kappa shape index (κ2) is 5.47. The number of benzene rings is 1. The van der Waals surface area contributed by atoms with Gasteiger partial charge in [-0.05, 0) is 42.5 Å². The van der Waals surface area contributed by atoms with Crippen LogP contribution in [0.5, 0.6) is 0 Å². The van der Waals surface area contributed by atoms with Gasteiger partial charge in [0.05, 0.1) is 0 Å². The zero-order chi connectivity index (χ0) is 12.3. The van der Waals surface area contributed by atoms with Crippen molar-refractivity contribution in [3.05, 3.63) is 29.6 Å². The van der Waals surface area contributed by atoms with Gasteiger partial charge in [-0.25, -0.2) is 4.39 Å². The highest BCUT2D eigenvalue weighted by atomic mass is 19.1. The molecule has 1 heterocycles. The number of nitrogens with zero attached hydrogens (tertiary/aromatic N) is 1. The molecule has 0 aliphatic carbocycles. The Morgan fingerprint density at radius 1 is 1.41 bits per heavy atom. The Labute approximate surface area is 101 Å². The largest absolute Gasteiger partial charge is 0.396 e. The Hall–Kier alpha value is -1.13. The van der Waals surface area contributed by atoms with Gasteiger partial charge in [0.1, 0.15) is 5.82 Å². The van der Waals surface area contributed by atoms with Crippen LogP contribution in [0.1, 0.15) is 18.4 Å².